The summed E-state index contributed by atoms with van der Waals surface area (Å²) in [5, 5.41) is 8.82. The van der Waals surface area contributed by atoms with Gasteiger partial charge in [0.1, 0.15) is 5.69 Å². The number of aromatic nitrogens is 4. The van der Waals surface area contributed by atoms with Crippen LogP contribution in [0, 0.1) is 0 Å². The Labute approximate surface area is 354 Å². The molecule has 0 aliphatic heterocycles. The van der Waals surface area contributed by atoms with Crippen molar-refractivity contribution in [1.29, 1.82) is 0 Å². The number of fused-ring (bicyclic) bond motifs is 3. The SMILES string of the molecule is c1ccc(-c2cccc(-c3nc(-c4ccccc4)cc(-c4ccc(-c5cccc6c5cc(-c5ccccc5)c5c(-c7ccccc7)nn(-c7ccccc7)c56)cc4)n3)c2)cc1. The van der Waals surface area contributed by atoms with Crippen molar-refractivity contribution in [2.75, 3.05) is 0 Å². The van der Waals surface area contributed by atoms with Gasteiger partial charge in [-0.05, 0) is 69.1 Å². The number of hydrogen-bond acceptors (Lipinski definition) is 3. The van der Waals surface area contributed by atoms with Crippen LogP contribution >= 0.6 is 0 Å². The van der Waals surface area contributed by atoms with Gasteiger partial charge in [-0.3, -0.25) is 0 Å². The summed E-state index contributed by atoms with van der Waals surface area (Å²) >= 11 is 0. The molecule has 0 aliphatic carbocycles. The fourth-order valence-corrected chi connectivity index (χ4v) is 8.49. The predicted octanol–water partition coefficient (Wildman–Crippen LogP) is 14.6. The van der Waals surface area contributed by atoms with E-state index in [1.165, 1.54) is 0 Å². The van der Waals surface area contributed by atoms with Crippen LogP contribution in [0.5, 0.6) is 0 Å². The summed E-state index contributed by atoms with van der Waals surface area (Å²) in [5.74, 6) is 0.689. The maximum absolute atomic E-state index is 5.40. The number of para-hydroxylation sites is 1. The third kappa shape index (κ3) is 6.76. The molecule has 11 aromatic rings. The summed E-state index contributed by atoms with van der Waals surface area (Å²) < 4.78 is 2.13. The van der Waals surface area contributed by atoms with Gasteiger partial charge in [-0.25, -0.2) is 14.6 Å². The molecule has 0 spiro atoms. The van der Waals surface area contributed by atoms with Crippen LogP contribution in [-0.2, 0) is 0 Å². The lowest BCUT2D eigenvalue weighted by molar-refractivity contribution is 0.918. The minimum atomic E-state index is 0.689. The van der Waals surface area contributed by atoms with Gasteiger partial charge < -0.3 is 0 Å². The fraction of sp³-hybridized carbons (Fsp3) is 0. The second-order valence-corrected chi connectivity index (χ2v) is 15.2. The van der Waals surface area contributed by atoms with Gasteiger partial charge in [-0.2, -0.15) is 5.10 Å². The Morgan fingerprint density at radius 1 is 0.311 bits per heavy atom. The van der Waals surface area contributed by atoms with E-state index in [1.54, 1.807) is 0 Å². The lowest BCUT2D eigenvalue weighted by Crippen LogP contribution is -1.97. The van der Waals surface area contributed by atoms with Gasteiger partial charge in [0.05, 0.1) is 22.6 Å². The molecule has 2 aromatic heterocycles. The molecule has 11 rings (SSSR count). The number of benzene rings is 9. The second kappa shape index (κ2) is 15.5. The zero-order valence-electron chi connectivity index (χ0n) is 33.2. The Bertz CT molecular complexity index is 3310. The molecule has 4 heteroatoms. The average Bonchev–Trinajstić information content (AvgIpc) is 3.76. The van der Waals surface area contributed by atoms with E-state index in [0.29, 0.717) is 5.82 Å². The van der Waals surface area contributed by atoms with Crippen molar-refractivity contribution in [3.05, 3.63) is 231 Å². The maximum atomic E-state index is 5.40. The highest BCUT2D eigenvalue weighted by Crippen LogP contribution is 2.44. The molecular weight excluding hydrogens is 741 g/mol. The lowest BCUT2D eigenvalue weighted by atomic mass is 9.90. The molecule has 0 radical (unpaired) electrons. The van der Waals surface area contributed by atoms with E-state index >= 15 is 0 Å². The number of hydrogen-bond donors (Lipinski definition) is 0. The van der Waals surface area contributed by atoms with Crippen LogP contribution in [0.4, 0.5) is 0 Å². The summed E-state index contributed by atoms with van der Waals surface area (Å²) in [4.78, 5) is 10.3. The molecule has 0 atom stereocenters. The third-order valence-corrected chi connectivity index (χ3v) is 11.5. The van der Waals surface area contributed by atoms with Crippen LogP contribution in [0.25, 0.3) is 106 Å². The molecule has 2 heterocycles. The van der Waals surface area contributed by atoms with Gasteiger partial charge in [0.15, 0.2) is 5.82 Å². The van der Waals surface area contributed by atoms with Crippen LogP contribution < -0.4 is 0 Å². The smallest absolute Gasteiger partial charge is 0.160 e. The quantitative estimate of drug-likeness (QED) is 0.154. The van der Waals surface area contributed by atoms with E-state index < -0.39 is 0 Å². The molecule has 9 aromatic carbocycles. The molecule has 0 bridgehead atoms. The van der Waals surface area contributed by atoms with E-state index in [-0.39, 0.29) is 0 Å². The lowest BCUT2D eigenvalue weighted by Gasteiger charge is -2.15. The summed E-state index contributed by atoms with van der Waals surface area (Å²) in [6, 6.07) is 80.9. The van der Waals surface area contributed by atoms with Gasteiger partial charge in [0, 0.05) is 33.0 Å². The molecule has 0 saturated carbocycles. The topological polar surface area (TPSA) is 43.6 Å². The van der Waals surface area contributed by atoms with Crippen LogP contribution in [0.1, 0.15) is 0 Å². The molecule has 286 valence electrons. The summed E-state index contributed by atoms with van der Waals surface area (Å²) in [6.07, 6.45) is 0. The van der Waals surface area contributed by atoms with Crippen molar-refractivity contribution >= 4 is 21.7 Å². The number of rotatable bonds is 8. The maximum Gasteiger partial charge on any atom is 0.160 e. The summed E-state index contributed by atoms with van der Waals surface area (Å²) in [6.45, 7) is 0. The van der Waals surface area contributed by atoms with Crippen LogP contribution in [0.3, 0.4) is 0 Å². The Kier molecular flexibility index (Phi) is 9.14. The first-order valence-electron chi connectivity index (χ1n) is 20.6. The highest BCUT2D eigenvalue weighted by atomic mass is 15.3. The zero-order valence-corrected chi connectivity index (χ0v) is 33.2. The van der Waals surface area contributed by atoms with Crippen molar-refractivity contribution in [2.24, 2.45) is 0 Å². The average molecular weight is 779 g/mol. The molecule has 0 unspecified atom stereocenters. The predicted molar refractivity (Wildman–Crippen MR) is 252 cm³/mol. The van der Waals surface area contributed by atoms with E-state index in [2.05, 4.69) is 223 Å². The third-order valence-electron chi connectivity index (χ3n) is 11.5. The summed E-state index contributed by atoms with van der Waals surface area (Å²) in [5.41, 5.74) is 15.8. The molecule has 0 fully saturated rings. The monoisotopic (exact) mass is 778 g/mol. The minimum Gasteiger partial charge on any atom is -0.232 e. The van der Waals surface area contributed by atoms with Crippen molar-refractivity contribution in [2.45, 2.75) is 0 Å². The van der Waals surface area contributed by atoms with E-state index in [9.17, 15) is 0 Å². The first-order chi connectivity index (χ1) is 30.2. The van der Waals surface area contributed by atoms with Crippen molar-refractivity contribution in [3.63, 3.8) is 0 Å². The van der Waals surface area contributed by atoms with E-state index in [4.69, 9.17) is 15.1 Å². The Balaban J connectivity index is 1.08. The van der Waals surface area contributed by atoms with Crippen molar-refractivity contribution < 1.29 is 0 Å². The molecular formula is C57H38N4. The van der Waals surface area contributed by atoms with Gasteiger partial charge in [0.25, 0.3) is 0 Å². The van der Waals surface area contributed by atoms with Gasteiger partial charge in [-0.1, -0.05) is 200 Å². The summed E-state index contributed by atoms with van der Waals surface area (Å²) in [7, 11) is 0. The molecule has 0 N–H and O–H groups in total. The van der Waals surface area contributed by atoms with E-state index in [0.717, 1.165) is 100 Å². The van der Waals surface area contributed by atoms with Crippen LogP contribution in [0.2, 0.25) is 0 Å². The highest BCUT2D eigenvalue weighted by molar-refractivity contribution is 6.19. The van der Waals surface area contributed by atoms with Gasteiger partial charge in [-0.15, -0.1) is 0 Å². The second-order valence-electron chi connectivity index (χ2n) is 15.2. The normalized spacial score (nSPS) is 11.3. The van der Waals surface area contributed by atoms with Gasteiger partial charge >= 0.3 is 0 Å². The molecule has 0 amide bonds. The standard InChI is InChI=1S/C57H38N4/c1-6-18-39(19-7-1)45-26-16-27-46(36-45)57-58-52(42-22-10-3-11-23-42)38-53(59-57)43-34-32-41(33-35-43)48-30-17-31-49-51(48)37-50(40-20-8-2-9-21-40)54-55(44-24-12-4-13-25-44)60-61(56(49)54)47-28-14-5-15-29-47/h1-38H. The fourth-order valence-electron chi connectivity index (χ4n) is 8.49. The number of nitrogens with zero attached hydrogens (tertiary/aromatic N) is 4. The molecule has 4 nitrogen and oxygen atoms in total. The molecule has 0 saturated heterocycles. The molecule has 0 aliphatic rings. The Morgan fingerprint density at radius 3 is 1.46 bits per heavy atom. The van der Waals surface area contributed by atoms with Crippen molar-refractivity contribution in [3.8, 4) is 84.2 Å². The van der Waals surface area contributed by atoms with Crippen LogP contribution in [0.15, 0.2) is 231 Å². The highest BCUT2D eigenvalue weighted by Gasteiger charge is 2.22. The van der Waals surface area contributed by atoms with E-state index in [1.807, 2.05) is 12.1 Å². The van der Waals surface area contributed by atoms with Gasteiger partial charge in [0.2, 0.25) is 0 Å². The minimum absolute atomic E-state index is 0.689. The first-order valence-corrected chi connectivity index (χ1v) is 20.6. The largest absolute Gasteiger partial charge is 0.232 e. The molecule has 61 heavy (non-hydrogen) atoms. The zero-order chi connectivity index (χ0) is 40.5. The Morgan fingerprint density at radius 2 is 0.803 bits per heavy atom. The first kappa shape index (κ1) is 35.9. The van der Waals surface area contributed by atoms with Crippen molar-refractivity contribution in [1.82, 2.24) is 19.7 Å². The van der Waals surface area contributed by atoms with Crippen LogP contribution in [-0.4, -0.2) is 19.7 Å². The Hall–Kier alpha value is -8.21.